The van der Waals surface area contributed by atoms with Crippen LogP contribution in [-0.4, -0.2) is 28.5 Å². The van der Waals surface area contributed by atoms with Gasteiger partial charge in [0.05, 0.1) is 11.1 Å². The third-order valence-electron chi connectivity index (χ3n) is 5.73. The molecule has 27 heavy (non-hydrogen) atoms. The van der Waals surface area contributed by atoms with Crippen molar-refractivity contribution in [3.8, 4) is 0 Å². The highest BCUT2D eigenvalue weighted by molar-refractivity contribution is 6.07. The molecule has 1 aromatic carbocycles. The van der Waals surface area contributed by atoms with Crippen LogP contribution in [0.4, 0.5) is 4.39 Å². The first-order chi connectivity index (χ1) is 13.2. The molecule has 0 aliphatic carbocycles. The van der Waals surface area contributed by atoms with E-state index in [1.807, 2.05) is 17.2 Å². The van der Waals surface area contributed by atoms with Gasteiger partial charge in [0, 0.05) is 31.2 Å². The van der Waals surface area contributed by atoms with Crippen molar-refractivity contribution in [1.29, 1.82) is 0 Å². The van der Waals surface area contributed by atoms with Gasteiger partial charge in [-0.3, -0.25) is 4.79 Å². The third-order valence-corrected chi connectivity index (χ3v) is 5.73. The van der Waals surface area contributed by atoms with Gasteiger partial charge in [0.15, 0.2) is 0 Å². The van der Waals surface area contributed by atoms with Gasteiger partial charge in [-0.2, -0.15) is 0 Å². The predicted octanol–water partition coefficient (Wildman–Crippen LogP) is 6.16. The van der Waals surface area contributed by atoms with Crippen molar-refractivity contribution in [2.75, 3.05) is 13.1 Å². The van der Waals surface area contributed by atoms with E-state index >= 15 is 0 Å². The number of aryl methyl sites for hydroxylation is 1. The summed E-state index contributed by atoms with van der Waals surface area (Å²) in [6, 6.07) is 5.15. The van der Waals surface area contributed by atoms with Crippen LogP contribution in [0.1, 0.15) is 81.5 Å². The number of hydrogen-bond donors (Lipinski definition) is 0. The summed E-state index contributed by atoms with van der Waals surface area (Å²) in [7, 11) is 0. The largest absolute Gasteiger partial charge is 0.347 e. The molecule has 1 aromatic heterocycles. The number of aromatic nitrogens is 1. The maximum absolute atomic E-state index is 14.6. The zero-order chi connectivity index (χ0) is 19.1. The molecule has 1 amide bonds. The molecule has 2 aromatic rings. The molecular weight excluding hydrogens is 339 g/mol. The SMILES string of the molecule is CCCCCCCCn1cc(C(=O)N2CCCCCC2)c2c(F)cccc21. The van der Waals surface area contributed by atoms with Crippen LogP contribution >= 0.6 is 0 Å². The summed E-state index contributed by atoms with van der Waals surface area (Å²) < 4.78 is 16.7. The van der Waals surface area contributed by atoms with E-state index < -0.39 is 0 Å². The predicted molar refractivity (Wildman–Crippen MR) is 110 cm³/mol. The number of halogens is 1. The van der Waals surface area contributed by atoms with Gasteiger partial charge in [-0.25, -0.2) is 4.39 Å². The fraction of sp³-hybridized carbons (Fsp3) is 0.609. The molecule has 0 atom stereocenters. The molecule has 1 fully saturated rings. The lowest BCUT2D eigenvalue weighted by Gasteiger charge is -2.19. The molecule has 0 unspecified atom stereocenters. The standard InChI is InChI=1S/C23H33FN2O/c1-2-3-4-5-6-11-17-26-18-19(22-20(24)13-12-14-21(22)26)23(27)25-15-9-7-8-10-16-25/h12-14,18H,2-11,15-17H2,1H3. The Kier molecular flexibility index (Phi) is 7.31. The summed E-state index contributed by atoms with van der Waals surface area (Å²) >= 11 is 0. The summed E-state index contributed by atoms with van der Waals surface area (Å²) in [5.41, 5.74) is 1.39. The lowest BCUT2D eigenvalue weighted by atomic mass is 10.1. The van der Waals surface area contributed by atoms with Crippen molar-refractivity contribution in [3.05, 3.63) is 35.8 Å². The van der Waals surface area contributed by atoms with E-state index in [0.717, 1.165) is 44.4 Å². The van der Waals surface area contributed by atoms with Gasteiger partial charge in [-0.05, 0) is 31.4 Å². The summed E-state index contributed by atoms with van der Waals surface area (Å²) in [6.07, 6.45) is 13.7. The second-order valence-electron chi connectivity index (χ2n) is 7.84. The van der Waals surface area contributed by atoms with Crippen LogP contribution in [0.3, 0.4) is 0 Å². The number of carbonyl (C=O) groups excluding carboxylic acids is 1. The number of fused-ring (bicyclic) bond motifs is 1. The van der Waals surface area contributed by atoms with Crippen LogP contribution in [0.5, 0.6) is 0 Å². The molecule has 1 aliphatic rings. The Balaban J connectivity index is 1.77. The zero-order valence-corrected chi connectivity index (χ0v) is 16.7. The summed E-state index contributed by atoms with van der Waals surface area (Å²) in [4.78, 5) is 15.0. The first-order valence-electron chi connectivity index (χ1n) is 10.8. The summed E-state index contributed by atoms with van der Waals surface area (Å²) in [5, 5.41) is 0.498. The van der Waals surface area contributed by atoms with Crippen molar-refractivity contribution in [1.82, 2.24) is 9.47 Å². The second kappa shape index (κ2) is 9.91. The van der Waals surface area contributed by atoms with Gasteiger partial charge < -0.3 is 9.47 Å². The fourth-order valence-corrected chi connectivity index (χ4v) is 4.16. The molecule has 3 nitrogen and oxygen atoms in total. The highest BCUT2D eigenvalue weighted by Crippen LogP contribution is 2.27. The number of benzene rings is 1. The quantitative estimate of drug-likeness (QED) is 0.510. The number of hydrogen-bond acceptors (Lipinski definition) is 1. The Bertz CT molecular complexity index is 744. The van der Waals surface area contributed by atoms with Gasteiger partial charge in [0.25, 0.3) is 5.91 Å². The summed E-state index contributed by atoms with van der Waals surface area (Å²) in [6.45, 7) is 4.65. The first-order valence-corrected chi connectivity index (χ1v) is 10.8. The number of rotatable bonds is 8. The second-order valence-corrected chi connectivity index (χ2v) is 7.84. The number of carbonyl (C=O) groups is 1. The van der Waals surface area contributed by atoms with Crippen LogP contribution in [0, 0.1) is 5.82 Å². The number of amides is 1. The maximum atomic E-state index is 14.6. The molecule has 0 N–H and O–H groups in total. The minimum absolute atomic E-state index is 0.00584. The topological polar surface area (TPSA) is 25.2 Å². The Labute approximate surface area is 162 Å². The highest BCUT2D eigenvalue weighted by Gasteiger charge is 2.23. The van der Waals surface area contributed by atoms with Gasteiger partial charge in [0.1, 0.15) is 5.82 Å². The molecular formula is C23H33FN2O. The van der Waals surface area contributed by atoms with Gasteiger partial charge in [0.2, 0.25) is 0 Å². The van der Waals surface area contributed by atoms with E-state index in [2.05, 4.69) is 11.5 Å². The van der Waals surface area contributed by atoms with Crippen LogP contribution in [0.15, 0.2) is 24.4 Å². The molecule has 0 bridgehead atoms. The minimum Gasteiger partial charge on any atom is -0.347 e. The lowest BCUT2D eigenvalue weighted by Crippen LogP contribution is -2.31. The average molecular weight is 373 g/mol. The van der Waals surface area contributed by atoms with Gasteiger partial charge >= 0.3 is 0 Å². The number of likely N-dealkylation sites (tertiary alicyclic amines) is 1. The molecule has 0 radical (unpaired) electrons. The van der Waals surface area contributed by atoms with Gasteiger partial charge in [-0.1, -0.05) is 57.9 Å². The van der Waals surface area contributed by atoms with Crippen molar-refractivity contribution < 1.29 is 9.18 Å². The molecule has 0 spiro atoms. The van der Waals surface area contributed by atoms with E-state index in [0.29, 0.717) is 10.9 Å². The van der Waals surface area contributed by atoms with Crippen molar-refractivity contribution in [2.24, 2.45) is 0 Å². The molecule has 148 valence electrons. The number of unbranched alkanes of at least 4 members (excludes halogenated alkanes) is 5. The Hall–Kier alpha value is -1.84. The van der Waals surface area contributed by atoms with Crippen molar-refractivity contribution in [2.45, 2.75) is 77.7 Å². The highest BCUT2D eigenvalue weighted by atomic mass is 19.1. The monoisotopic (exact) mass is 372 g/mol. The van der Waals surface area contributed by atoms with Crippen LogP contribution < -0.4 is 0 Å². The Morgan fingerprint density at radius 2 is 1.70 bits per heavy atom. The Morgan fingerprint density at radius 3 is 2.44 bits per heavy atom. The Morgan fingerprint density at radius 1 is 1.00 bits per heavy atom. The zero-order valence-electron chi connectivity index (χ0n) is 16.7. The first kappa shape index (κ1) is 19.9. The average Bonchev–Trinajstić information content (AvgIpc) is 2.85. The minimum atomic E-state index is -0.285. The normalized spacial score (nSPS) is 15.3. The van der Waals surface area contributed by atoms with Crippen LogP contribution in [-0.2, 0) is 6.54 Å². The molecule has 2 heterocycles. The van der Waals surface area contributed by atoms with E-state index in [-0.39, 0.29) is 11.7 Å². The molecule has 4 heteroatoms. The maximum Gasteiger partial charge on any atom is 0.256 e. The van der Waals surface area contributed by atoms with E-state index in [1.165, 1.54) is 51.0 Å². The molecule has 1 aliphatic heterocycles. The lowest BCUT2D eigenvalue weighted by molar-refractivity contribution is 0.0763. The smallest absolute Gasteiger partial charge is 0.256 e. The van der Waals surface area contributed by atoms with Crippen LogP contribution in [0.25, 0.3) is 10.9 Å². The molecule has 3 rings (SSSR count). The molecule has 0 saturated carbocycles. The fourth-order valence-electron chi connectivity index (χ4n) is 4.16. The molecule has 1 saturated heterocycles. The van der Waals surface area contributed by atoms with Gasteiger partial charge in [-0.15, -0.1) is 0 Å². The third kappa shape index (κ3) is 4.91. The number of nitrogens with zero attached hydrogens (tertiary/aromatic N) is 2. The van der Waals surface area contributed by atoms with E-state index in [1.54, 1.807) is 6.07 Å². The summed E-state index contributed by atoms with van der Waals surface area (Å²) in [5.74, 6) is -0.291. The van der Waals surface area contributed by atoms with E-state index in [4.69, 9.17) is 0 Å². The van der Waals surface area contributed by atoms with Crippen molar-refractivity contribution in [3.63, 3.8) is 0 Å². The van der Waals surface area contributed by atoms with Crippen molar-refractivity contribution >= 4 is 16.8 Å². The van der Waals surface area contributed by atoms with Crippen LogP contribution in [0.2, 0.25) is 0 Å². The van der Waals surface area contributed by atoms with E-state index in [9.17, 15) is 9.18 Å².